The molecule has 124 valence electrons. The maximum absolute atomic E-state index is 6.24. The van der Waals surface area contributed by atoms with Crippen LogP contribution in [-0.4, -0.2) is 15.0 Å². The van der Waals surface area contributed by atoms with Crippen molar-refractivity contribution >= 4 is 28.9 Å². The van der Waals surface area contributed by atoms with E-state index in [1.807, 2.05) is 37.3 Å². The zero-order valence-corrected chi connectivity index (χ0v) is 15.4. The number of rotatable bonds is 5. The minimum atomic E-state index is 0.371. The molecular weight excluding hydrogens is 340 g/mol. The third-order valence-electron chi connectivity index (χ3n) is 3.61. The van der Waals surface area contributed by atoms with Crippen LogP contribution in [0.2, 0.25) is 4.34 Å². The Labute approximate surface area is 151 Å². The van der Waals surface area contributed by atoms with Crippen LogP contribution in [-0.2, 0) is 6.54 Å². The van der Waals surface area contributed by atoms with Gasteiger partial charge in [-0.25, -0.2) is 9.97 Å². The summed E-state index contributed by atoms with van der Waals surface area (Å²) in [6.45, 7) is 6.83. The van der Waals surface area contributed by atoms with E-state index in [9.17, 15) is 0 Å². The average Bonchev–Trinajstić information content (AvgIpc) is 2.94. The van der Waals surface area contributed by atoms with Gasteiger partial charge in [-0.05, 0) is 42.7 Å². The highest BCUT2D eigenvalue weighted by atomic mass is 35.5. The highest BCUT2D eigenvalue weighted by Gasteiger charge is 2.12. The van der Waals surface area contributed by atoms with Gasteiger partial charge in [0.15, 0.2) is 0 Å². The van der Waals surface area contributed by atoms with Crippen molar-refractivity contribution in [1.82, 2.24) is 15.0 Å². The minimum Gasteiger partial charge on any atom is -0.350 e. The van der Waals surface area contributed by atoms with Gasteiger partial charge in [0.25, 0.3) is 0 Å². The minimum absolute atomic E-state index is 0.371. The second-order valence-corrected chi connectivity index (χ2v) is 7.57. The van der Waals surface area contributed by atoms with Crippen LogP contribution in [0.25, 0.3) is 10.6 Å². The molecule has 6 heteroatoms. The van der Waals surface area contributed by atoms with Gasteiger partial charge in [-0.1, -0.05) is 31.5 Å². The van der Waals surface area contributed by atoms with E-state index in [1.54, 1.807) is 17.5 Å². The van der Waals surface area contributed by atoms with Crippen molar-refractivity contribution in [3.63, 3.8) is 0 Å². The monoisotopic (exact) mass is 358 g/mol. The van der Waals surface area contributed by atoms with E-state index in [0.29, 0.717) is 18.4 Å². The number of pyridine rings is 1. The number of aromatic nitrogens is 3. The summed E-state index contributed by atoms with van der Waals surface area (Å²) in [5.41, 5.74) is 4.06. The Bertz CT molecular complexity index is 845. The lowest BCUT2D eigenvalue weighted by molar-refractivity contribution is 0.813. The summed E-state index contributed by atoms with van der Waals surface area (Å²) < 4.78 is 0.752. The first-order chi connectivity index (χ1) is 11.5. The Morgan fingerprint density at radius 2 is 2.04 bits per heavy atom. The van der Waals surface area contributed by atoms with Gasteiger partial charge in [0.2, 0.25) is 5.95 Å². The Kier molecular flexibility index (Phi) is 5.11. The summed E-state index contributed by atoms with van der Waals surface area (Å²) in [6, 6.07) is 9.93. The van der Waals surface area contributed by atoms with Crippen LogP contribution in [0.5, 0.6) is 0 Å². The number of nitrogens with one attached hydrogen (secondary N) is 1. The van der Waals surface area contributed by atoms with Crippen LogP contribution >= 0.6 is 22.9 Å². The molecule has 1 N–H and O–H groups in total. The molecule has 3 rings (SSSR count). The van der Waals surface area contributed by atoms with E-state index in [1.165, 1.54) is 0 Å². The first kappa shape index (κ1) is 16.9. The Morgan fingerprint density at radius 3 is 2.79 bits per heavy atom. The summed E-state index contributed by atoms with van der Waals surface area (Å²) in [5, 5.41) is 3.29. The van der Waals surface area contributed by atoms with E-state index in [4.69, 9.17) is 11.6 Å². The Hall–Kier alpha value is -1.98. The summed E-state index contributed by atoms with van der Waals surface area (Å²) >= 11 is 7.78. The molecule has 0 aliphatic heterocycles. The SMILES string of the molecule is Cc1cccc(-c2sc(Cl)cc2CNc2nccc(C(C)C)n2)n1. The van der Waals surface area contributed by atoms with E-state index < -0.39 is 0 Å². The second kappa shape index (κ2) is 7.28. The van der Waals surface area contributed by atoms with Crippen molar-refractivity contribution in [1.29, 1.82) is 0 Å². The number of halogens is 1. The standard InChI is InChI=1S/C18H19ClN4S/c1-11(2)14-7-8-20-18(23-14)21-10-13-9-16(19)24-17(13)15-6-4-5-12(3)22-15/h4-9,11H,10H2,1-3H3,(H,20,21,23). The van der Waals surface area contributed by atoms with Gasteiger partial charge in [-0.2, -0.15) is 0 Å². The predicted molar refractivity (Wildman–Crippen MR) is 101 cm³/mol. The lowest BCUT2D eigenvalue weighted by Gasteiger charge is -2.09. The fourth-order valence-electron chi connectivity index (χ4n) is 2.37. The van der Waals surface area contributed by atoms with Crippen molar-refractivity contribution in [3.05, 3.63) is 57.8 Å². The fourth-order valence-corrected chi connectivity index (χ4v) is 3.61. The molecule has 0 radical (unpaired) electrons. The quantitative estimate of drug-likeness (QED) is 0.672. The lowest BCUT2D eigenvalue weighted by atomic mass is 10.1. The molecule has 24 heavy (non-hydrogen) atoms. The van der Waals surface area contributed by atoms with Crippen LogP contribution in [0.1, 0.15) is 36.7 Å². The molecule has 0 unspecified atom stereocenters. The maximum atomic E-state index is 6.24. The molecule has 0 saturated heterocycles. The number of nitrogens with zero attached hydrogens (tertiary/aromatic N) is 3. The fraction of sp³-hybridized carbons (Fsp3) is 0.278. The average molecular weight is 359 g/mol. The molecule has 3 aromatic heterocycles. The smallest absolute Gasteiger partial charge is 0.223 e. The first-order valence-corrected chi connectivity index (χ1v) is 9.01. The van der Waals surface area contributed by atoms with E-state index in [2.05, 4.69) is 34.1 Å². The third-order valence-corrected chi connectivity index (χ3v) is 4.93. The van der Waals surface area contributed by atoms with Gasteiger partial charge >= 0.3 is 0 Å². The van der Waals surface area contributed by atoms with Gasteiger partial charge in [0, 0.05) is 24.1 Å². The van der Waals surface area contributed by atoms with Crippen LogP contribution < -0.4 is 5.32 Å². The van der Waals surface area contributed by atoms with Crippen LogP contribution in [0.15, 0.2) is 36.5 Å². The second-order valence-electron chi connectivity index (χ2n) is 5.88. The van der Waals surface area contributed by atoms with Crippen molar-refractivity contribution < 1.29 is 0 Å². The molecule has 0 spiro atoms. The third kappa shape index (κ3) is 3.91. The zero-order valence-electron chi connectivity index (χ0n) is 13.9. The molecule has 0 atom stereocenters. The van der Waals surface area contributed by atoms with Crippen molar-refractivity contribution in [2.24, 2.45) is 0 Å². The largest absolute Gasteiger partial charge is 0.350 e. The summed E-state index contributed by atoms with van der Waals surface area (Å²) in [7, 11) is 0. The molecule has 0 aromatic carbocycles. The van der Waals surface area contributed by atoms with E-state index >= 15 is 0 Å². The highest BCUT2D eigenvalue weighted by Crippen LogP contribution is 2.35. The predicted octanol–water partition coefficient (Wildman–Crippen LogP) is 5.30. The van der Waals surface area contributed by atoms with Gasteiger partial charge in [0.05, 0.1) is 14.9 Å². The molecule has 4 nitrogen and oxygen atoms in total. The van der Waals surface area contributed by atoms with Crippen molar-refractivity contribution in [3.8, 4) is 10.6 Å². The number of anilines is 1. The lowest BCUT2D eigenvalue weighted by Crippen LogP contribution is -2.05. The van der Waals surface area contributed by atoms with Crippen LogP contribution in [0, 0.1) is 6.92 Å². The highest BCUT2D eigenvalue weighted by molar-refractivity contribution is 7.19. The number of thiophene rings is 1. The molecule has 0 aliphatic rings. The number of hydrogen-bond donors (Lipinski definition) is 1. The van der Waals surface area contributed by atoms with Gasteiger partial charge in [-0.3, -0.25) is 4.98 Å². The molecule has 0 amide bonds. The molecule has 0 aliphatic carbocycles. The van der Waals surface area contributed by atoms with E-state index in [0.717, 1.165) is 31.9 Å². The Balaban J connectivity index is 1.82. The molecular formula is C18H19ClN4S. The Morgan fingerprint density at radius 1 is 1.21 bits per heavy atom. The number of aryl methyl sites for hydroxylation is 1. The molecule has 0 saturated carbocycles. The zero-order chi connectivity index (χ0) is 17.1. The van der Waals surface area contributed by atoms with Crippen molar-refractivity contribution in [2.75, 3.05) is 5.32 Å². The summed E-state index contributed by atoms with van der Waals surface area (Å²) in [6.07, 6.45) is 1.79. The normalized spacial score (nSPS) is 11.0. The van der Waals surface area contributed by atoms with Crippen molar-refractivity contribution in [2.45, 2.75) is 33.2 Å². The summed E-state index contributed by atoms with van der Waals surface area (Å²) in [5.74, 6) is 1.00. The van der Waals surface area contributed by atoms with Gasteiger partial charge < -0.3 is 5.32 Å². The molecule has 3 heterocycles. The van der Waals surface area contributed by atoms with Gasteiger partial charge in [0.1, 0.15) is 0 Å². The van der Waals surface area contributed by atoms with E-state index in [-0.39, 0.29) is 0 Å². The number of hydrogen-bond acceptors (Lipinski definition) is 5. The summed E-state index contributed by atoms with van der Waals surface area (Å²) in [4.78, 5) is 14.5. The van der Waals surface area contributed by atoms with Gasteiger partial charge in [-0.15, -0.1) is 11.3 Å². The topological polar surface area (TPSA) is 50.7 Å². The molecule has 0 bridgehead atoms. The van der Waals surface area contributed by atoms with Crippen LogP contribution in [0.3, 0.4) is 0 Å². The first-order valence-electron chi connectivity index (χ1n) is 7.82. The maximum Gasteiger partial charge on any atom is 0.223 e. The van der Waals surface area contributed by atoms with Crippen LogP contribution in [0.4, 0.5) is 5.95 Å². The molecule has 3 aromatic rings. The molecule has 0 fully saturated rings.